The Hall–Kier alpha value is -2.96. The molecule has 3 aromatic rings. The van der Waals surface area contributed by atoms with Crippen LogP contribution in [0.3, 0.4) is 0 Å². The summed E-state index contributed by atoms with van der Waals surface area (Å²) in [6.45, 7) is 3.32. The number of benzene rings is 1. The van der Waals surface area contributed by atoms with Crippen molar-refractivity contribution in [1.29, 1.82) is 0 Å². The van der Waals surface area contributed by atoms with Crippen LogP contribution in [0.25, 0.3) is 22.3 Å². The van der Waals surface area contributed by atoms with E-state index in [-0.39, 0.29) is 0 Å². The standard InChI is InChI=1S/C19H23N5O2/c1-14-18(23-17-9-5-4-8-16(17)22-14)15-12-21-24(13-15)11-7-3-2-6-10-20-19(25)26/h4-5,8-9,12-13,20H,2-3,6-7,10-11H2,1H3,(H,25,26). The third-order valence-corrected chi connectivity index (χ3v) is 4.24. The molecule has 0 spiro atoms. The maximum Gasteiger partial charge on any atom is 0.404 e. The zero-order chi connectivity index (χ0) is 18.4. The first kappa shape index (κ1) is 17.8. The molecule has 1 aromatic carbocycles. The number of carbonyl (C=O) groups is 1. The van der Waals surface area contributed by atoms with Crippen molar-refractivity contribution in [3.8, 4) is 11.3 Å². The van der Waals surface area contributed by atoms with E-state index in [0.717, 1.165) is 60.2 Å². The largest absolute Gasteiger partial charge is 0.465 e. The molecule has 0 aliphatic rings. The van der Waals surface area contributed by atoms with Crippen LogP contribution in [0.4, 0.5) is 4.79 Å². The number of nitrogens with zero attached hydrogens (tertiary/aromatic N) is 4. The van der Waals surface area contributed by atoms with Crippen molar-refractivity contribution in [2.75, 3.05) is 6.54 Å². The van der Waals surface area contributed by atoms with Crippen LogP contribution in [0.15, 0.2) is 36.7 Å². The number of carboxylic acid groups (broad SMARTS) is 1. The fourth-order valence-corrected chi connectivity index (χ4v) is 2.92. The summed E-state index contributed by atoms with van der Waals surface area (Å²) in [7, 11) is 0. The fourth-order valence-electron chi connectivity index (χ4n) is 2.92. The van der Waals surface area contributed by atoms with Crippen LogP contribution in [-0.2, 0) is 6.54 Å². The number of amides is 1. The fraction of sp³-hybridized carbons (Fsp3) is 0.368. The van der Waals surface area contributed by atoms with Crippen molar-refractivity contribution in [3.63, 3.8) is 0 Å². The minimum Gasteiger partial charge on any atom is -0.465 e. The van der Waals surface area contributed by atoms with Gasteiger partial charge < -0.3 is 10.4 Å². The molecule has 0 bridgehead atoms. The number of hydrogen-bond donors (Lipinski definition) is 2. The predicted octanol–water partition coefficient (Wildman–Crippen LogP) is 3.63. The maximum absolute atomic E-state index is 10.4. The molecule has 0 saturated heterocycles. The number of aromatic nitrogens is 4. The molecule has 7 nitrogen and oxygen atoms in total. The van der Waals surface area contributed by atoms with Gasteiger partial charge in [-0.2, -0.15) is 5.10 Å². The summed E-state index contributed by atoms with van der Waals surface area (Å²) in [5.41, 5.74) is 4.53. The summed E-state index contributed by atoms with van der Waals surface area (Å²) in [5.74, 6) is 0. The van der Waals surface area contributed by atoms with Crippen molar-refractivity contribution in [3.05, 3.63) is 42.4 Å². The number of hydrogen-bond acceptors (Lipinski definition) is 4. The lowest BCUT2D eigenvalue weighted by molar-refractivity contribution is 0.194. The molecule has 0 fully saturated rings. The minimum atomic E-state index is -0.957. The van der Waals surface area contributed by atoms with E-state index in [4.69, 9.17) is 10.1 Å². The SMILES string of the molecule is Cc1nc2ccccc2nc1-c1cnn(CCCCCCNC(=O)O)c1. The minimum absolute atomic E-state index is 0.515. The molecule has 2 aromatic heterocycles. The number of fused-ring (bicyclic) bond motifs is 1. The molecule has 26 heavy (non-hydrogen) atoms. The Morgan fingerprint density at radius 2 is 1.85 bits per heavy atom. The van der Waals surface area contributed by atoms with Gasteiger partial charge in [-0.3, -0.25) is 4.68 Å². The van der Waals surface area contributed by atoms with Crippen molar-refractivity contribution in [2.45, 2.75) is 39.2 Å². The first-order valence-corrected chi connectivity index (χ1v) is 8.86. The van der Waals surface area contributed by atoms with Gasteiger partial charge in [-0.05, 0) is 31.9 Å². The Bertz CT molecular complexity index is 891. The Morgan fingerprint density at radius 3 is 2.62 bits per heavy atom. The highest BCUT2D eigenvalue weighted by Gasteiger charge is 2.09. The Labute approximate surface area is 152 Å². The predicted molar refractivity (Wildman–Crippen MR) is 100.0 cm³/mol. The first-order chi connectivity index (χ1) is 12.6. The van der Waals surface area contributed by atoms with E-state index in [1.165, 1.54) is 0 Å². The van der Waals surface area contributed by atoms with E-state index in [1.54, 1.807) is 0 Å². The summed E-state index contributed by atoms with van der Waals surface area (Å²) in [6, 6.07) is 7.86. The normalized spacial score (nSPS) is 11.0. The maximum atomic E-state index is 10.4. The van der Waals surface area contributed by atoms with Gasteiger partial charge in [-0.15, -0.1) is 0 Å². The molecule has 2 N–H and O–H groups in total. The van der Waals surface area contributed by atoms with Crippen LogP contribution in [0.2, 0.25) is 0 Å². The Morgan fingerprint density at radius 1 is 1.12 bits per heavy atom. The lowest BCUT2D eigenvalue weighted by atomic mass is 10.2. The Balaban J connectivity index is 1.55. The van der Waals surface area contributed by atoms with Gasteiger partial charge in [-0.1, -0.05) is 25.0 Å². The van der Waals surface area contributed by atoms with Gasteiger partial charge in [-0.25, -0.2) is 14.8 Å². The number of nitrogens with one attached hydrogen (secondary N) is 1. The average molecular weight is 353 g/mol. The molecule has 136 valence electrons. The monoisotopic (exact) mass is 353 g/mol. The van der Waals surface area contributed by atoms with Crippen molar-refractivity contribution in [1.82, 2.24) is 25.1 Å². The summed E-state index contributed by atoms with van der Waals surface area (Å²) in [6.07, 6.45) is 6.81. The lowest BCUT2D eigenvalue weighted by Gasteiger charge is -2.04. The van der Waals surface area contributed by atoms with Crippen molar-refractivity contribution < 1.29 is 9.90 Å². The van der Waals surface area contributed by atoms with Crippen LogP contribution < -0.4 is 5.32 Å². The molecule has 7 heteroatoms. The molecule has 1 amide bonds. The van der Waals surface area contributed by atoms with Gasteiger partial charge in [0.1, 0.15) is 0 Å². The first-order valence-electron chi connectivity index (χ1n) is 8.86. The molecule has 0 radical (unpaired) electrons. The highest BCUT2D eigenvalue weighted by Crippen LogP contribution is 2.22. The second kappa shape index (κ2) is 8.42. The van der Waals surface area contributed by atoms with Gasteiger partial charge in [0, 0.05) is 24.8 Å². The second-order valence-electron chi connectivity index (χ2n) is 6.28. The van der Waals surface area contributed by atoms with E-state index >= 15 is 0 Å². The van der Waals surface area contributed by atoms with Gasteiger partial charge >= 0.3 is 6.09 Å². The molecule has 0 aliphatic heterocycles. The van der Waals surface area contributed by atoms with Crippen LogP contribution in [0, 0.1) is 6.92 Å². The lowest BCUT2D eigenvalue weighted by Crippen LogP contribution is -2.21. The van der Waals surface area contributed by atoms with Crippen LogP contribution >= 0.6 is 0 Å². The van der Waals surface area contributed by atoms with E-state index in [1.807, 2.05) is 48.3 Å². The summed E-state index contributed by atoms with van der Waals surface area (Å²) in [4.78, 5) is 19.7. The smallest absolute Gasteiger partial charge is 0.404 e. The molecule has 0 aliphatic carbocycles. The van der Waals surface area contributed by atoms with E-state index < -0.39 is 6.09 Å². The number of para-hydroxylation sites is 2. The average Bonchev–Trinajstić information content (AvgIpc) is 3.08. The van der Waals surface area contributed by atoms with Gasteiger partial charge in [0.15, 0.2) is 0 Å². The summed E-state index contributed by atoms with van der Waals surface area (Å²) in [5, 5.41) is 15.3. The molecule has 0 atom stereocenters. The highest BCUT2D eigenvalue weighted by molar-refractivity contribution is 5.78. The van der Waals surface area contributed by atoms with E-state index in [0.29, 0.717) is 6.54 Å². The third kappa shape index (κ3) is 4.56. The van der Waals surface area contributed by atoms with Crippen LogP contribution in [0.1, 0.15) is 31.4 Å². The van der Waals surface area contributed by atoms with E-state index in [9.17, 15) is 4.79 Å². The molecule has 0 unspecified atom stereocenters. The van der Waals surface area contributed by atoms with Crippen molar-refractivity contribution >= 4 is 17.1 Å². The molecular formula is C19H23N5O2. The van der Waals surface area contributed by atoms with Crippen molar-refractivity contribution in [2.24, 2.45) is 0 Å². The highest BCUT2D eigenvalue weighted by atomic mass is 16.4. The molecule has 3 rings (SSSR count). The molecule has 0 saturated carbocycles. The zero-order valence-corrected chi connectivity index (χ0v) is 14.9. The third-order valence-electron chi connectivity index (χ3n) is 4.24. The molecular weight excluding hydrogens is 330 g/mol. The number of aryl methyl sites for hydroxylation is 2. The summed E-state index contributed by atoms with van der Waals surface area (Å²) < 4.78 is 1.93. The zero-order valence-electron chi connectivity index (χ0n) is 14.9. The number of unbranched alkanes of at least 4 members (excludes halogenated alkanes) is 3. The molecule has 2 heterocycles. The van der Waals surface area contributed by atoms with Crippen LogP contribution in [-0.4, -0.2) is 37.5 Å². The van der Waals surface area contributed by atoms with Crippen LogP contribution in [0.5, 0.6) is 0 Å². The second-order valence-corrected chi connectivity index (χ2v) is 6.28. The van der Waals surface area contributed by atoms with Gasteiger partial charge in [0.25, 0.3) is 0 Å². The topological polar surface area (TPSA) is 92.9 Å². The quantitative estimate of drug-likeness (QED) is 0.603. The van der Waals surface area contributed by atoms with Gasteiger partial charge in [0.2, 0.25) is 0 Å². The van der Waals surface area contributed by atoms with E-state index in [2.05, 4.69) is 15.4 Å². The Kier molecular flexibility index (Phi) is 5.78. The number of rotatable bonds is 8. The summed E-state index contributed by atoms with van der Waals surface area (Å²) >= 11 is 0. The van der Waals surface area contributed by atoms with Gasteiger partial charge in [0.05, 0.1) is 28.6 Å².